The van der Waals surface area contributed by atoms with Crippen molar-refractivity contribution in [2.45, 2.75) is 50.8 Å². The second kappa shape index (κ2) is 8.79. The normalized spacial score (nSPS) is 10.6. The number of hydrogen-bond acceptors (Lipinski definition) is 2. The van der Waals surface area contributed by atoms with Gasteiger partial charge in [-0.1, -0.05) is 63.1 Å². The summed E-state index contributed by atoms with van der Waals surface area (Å²) in [5, 5.41) is 0.115. The molecule has 1 nitrogen and oxygen atoms in total. The van der Waals surface area contributed by atoms with E-state index in [1.165, 1.54) is 35.7 Å². The highest BCUT2D eigenvalue weighted by atomic mass is 32.2. The first kappa shape index (κ1) is 16.8. The molecule has 0 unspecified atom stereocenters. The molecule has 0 amide bonds. The summed E-state index contributed by atoms with van der Waals surface area (Å²) >= 11 is 1.31. The molecule has 2 heteroatoms. The highest BCUT2D eigenvalue weighted by molar-refractivity contribution is 8.14. The molecule has 0 saturated carbocycles. The third kappa shape index (κ3) is 5.03. The summed E-state index contributed by atoms with van der Waals surface area (Å²) in [4.78, 5) is 13.3. The Morgan fingerprint density at radius 2 is 1.41 bits per heavy atom. The van der Waals surface area contributed by atoms with Crippen LogP contribution in [0.1, 0.15) is 54.6 Å². The van der Waals surface area contributed by atoms with Gasteiger partial charge >= 0.3 is 0 Å². The monoisotopic (exact) mass is 312 g/mol. The first-order valence-electron chi connectivity index (χ1n) is 8.13. The molecule has 2 rings (SSSR count). The Kier molecular flexibility index (Phi) is 6.73. The molecule has 0 radical (unpaired) electrons. The number of aryl methyl sites for hydroxylation is 2. The van der Waals surface area contributed by atoms with Crippen LogP contribution in [0.25, 0.3) is 0 Å². The van der Waals surface area contributed by atoms with E-state index in [1.807, 2.05) is 12.1 Å². The Balaban J connectivity index is 1.96. The van der Waals surface area contributed by atoms with E-state index in [0.29, 0.717) is 0 Å². The SMILES string of the molecule is CCCCc1ccc(SC(=O)c2ccc(CCC)cc2)cc1. The maximum atomic E-state index is 12.3. The Labute approximate surface area is 138 Å². The molecule has 0 fully saturated rings. The first-order chi connectivity index (χ1) is 10.7. The fourth-order valence-corrected chi connectivity index (χ4v) is 3.11. The van der Waals surface area contributed by atoms with Gasteiger partial charge in [-0.3, -0.25) is 4.79 Å². The van der Waals surface area contributed by atoms with E-state index in [9.17, 15) is 4.79 Å². The van der Waals surface area contributed by atoms with Crippen molar-refractivity contribution in [1.82, 2.24) is 0 Å². The lowest BCUT2D eigenvalue weighted by Gasteiger charge is -2.04. The maximum Gasteiger partial charge on any atom is 0.224 e. The van der Waals surface area contributed by atoms with Gasteiger partial charge in [0.15, 0.2) is 0 Å². The second-order valence-electron chi connectivity index (χ2n) is 5.58. The zero-order valence-corrected chi connectivity index (χ0v) is 14.3. The first-order valence-corrected chi connectivity index (χ1v) is 8.94. The molecular weight excluding hydrogens is 288 g/mol. The van der Waals surface area contributed by atoms with Crippen LogP contribution in [0.5, 0.6) is 0 Å². The van der Waals surface area contributed by atoms with Crippen molar-refractivity contribution in [2.75, 3.05) is 0 Å². The third-order valence-corrected chi connectivity index (χ3v) is 4.61. The molecule has 22 heavy (non-hydrogen) atoms. The lowest BCUT2D eigenvalue weighted by molar-refractivity contribution is 0.108. The van der Waals surface area contributed by atoms with Crippen molar-refractivity contribution in [3.63, 3.8) is 0 Å². The molecule has 0 spiro atoms. The van der Waals surface area contributed by atoms with E-state index < -0.39 is 0 Å². The molecule has 0 aliphatic heterocycles. The van der Waals surface area contributed by atoms with E-state index in [2.05, 4.69) is 50.2 Å². The summed E-state index contributed by atoms with van der Waals surface area (Å²) in [7, 11) is 0. The lowest BCUT2D eigenvalue weighted by Crippen LogP contribution is -1.94. The van der Waals surface area contributed by atoms with Gasteiger partial charge in [0.1, 0.15) is 0 Å². The number of thioether (sulfide) groups is 1. The van der Waals surface area contributed by atoms with Crippen LogP contribution in [0.3, 0.4) is 0 Å². The van der Waals surface area contributed by atoms with E-state index in [0.717, 1.165) is 29.7 Å². The molecule has 0 aliphatic carbocycles. The average molecular weight is 312 g/mol. The van der Waals surface area contributed by atoms with Crippen molar-refractivity contribution in [1.29, 1.82) is 0 Å². The van der Waals surface area contributed by atoms with Gasteiger partial charge in [0.25, 0.3) is 0 Å². The van der Waals surface area contributed by atoms with Crippen LogP contribution in [0, 0.1) is 0 Å². The molecule has 0 heterocycles. The third-order valence-electron chi connectivity index (χ3n) is 3.68. The number of unbranched alkanes of at least 4 members (excludes halogenated alkanes) is 1. The molecule has 0 N–H and O–H groups in total. The van der Waals surface area contributed by atoms with Gasteiger partial charge in [-0.05, 0) is 54.3 Å². The predicted octanol–water partition coefficient (Wildman–Crippen LogP) is 5.91. The van der Waals surface area contributed by atoms with Gasteiger partial charge in [0.2, 0.25) is 5.12 Å². The summed E-state index contributed by atoms with van der Waals surface area (Å²) in [6, 6.07) is 16.4. The van der Waals surface area contributed by atoms with Gasteiger partial charge < -0.3 is 0 Å². The standard InChI is InChI=1S/C20H24OS/c1-3-5-7-17-10-14-19(15-11-17)22-20(21)18-12-8-16(6-4-2)9-13-18/h8-15H,3-7H2,1-2H3. The average Bonchev–Trinajstić information content (AvgIpc) is 2.55. The Hall–Kier alpha value is -1.54. The van der Waals surface area contributed by atoms with Crippen molar-refractivity contribution in [2.24, 2.45) is 0 Å². The van der Waals surface area contributed by atoms with Gasteiger partial charge in [0, 0.05) is 10.5 Å². The van der Waals surface area contributed by atoms with Crippen LogP contribution in [0.4, 0.5) is 0 Å². The van der Waals surface area contributed by atoms with E-state index in [-0.39, 0.29) is 5.12 Å². The lowest BCUT2D eigenvalue weighted by atomic mass is 10.1. The highest BCUT2D eigenvalue weighted by Crippen LogP contribution is 2.24. The van der Waals surface area contributed by atoms with Crippen molar-refractivity contribution >= 4 is 16.9 Å². The molecule has 0 bridgehead atoms. The fourth-order valence-electron chi connectivity index (χ4n) is 2.37. The minimum absolute atomic E-state index is 0.115. The molecule has 116 valence electrons. The molecule has 0 saturated heterocycles. The number of carbonyl (C=O) groups excluding carboxylic acids is 1. The summed E-state index contributed by atoms with van der Waals surface area (Å²) in [6.45, 7) is 4.37. The number of benzene rings is 2. The topological polar surface area (TPSA) is 17.1 Å². The van der Waals surface area contributed by atoms with E-state index in [1.54, 1.807) is 0 Å². The van der Waals surface area contributed by atoms with Gasteiger partial charge in [0.05, 0.1) is 0 Å². The summed E-state index contributed by atoms with van der Waals surface area (Å²) in [5.74, 6) is 0. The second-order valence-corrected chi connectivity index (χ2v) is 6.63. The minimum Gasteiger partial charge on any atom is -0.281 e. The van der Waals surface area contributed by atoms with Crippen molar-refractivity contribution < 1.29 is 4.79 Å². The fraction of sp³-hybridized carbons (Fsp3) is 0.350. The smallest absolute Gasteiger partial charge is 0.224 e. The maximum absolute atomic E-state index is 12.3. The number of hydrogen-bond donors (Lipinski definition) is 0. The van der Waals surface area contributed by atoms with Crippen LogP contribution < -0.4 is 0 Å². The quantitative estimate of drug-likeness (QED) is 0.591. The van der Waals surface area contributed by atoms with E-state index in [4.69, 9.17) is 0 Å². The predicted molar refractivity (Wildman–Crippen MR) is 95.7 cm³/mol. The van der Waals surface area contributed by atoms with Crippen LogP contribution in [0.2, 0.25) is 0 Å². The number of carbonyl (C=O) groups is 1. The highest BCUT2D eigenvalue weighted by Gasteiger charge is 2.08. The Morgan fingerprint density at radius 3 is 2.00 bits per heavy atom. The molecule has 2 aromatic rings. The summed E-state index contributed by atoms with van der Waals surface area (Å²) in [5.41, 5.74) is 3.42. The molecule has 0 aromatic heterocycles. The Bertz CT molecular complexity index is 584. The summed E-state index contributed by atoms with van der Waals surface area (Å²) < 4.78 is 0. The zero-order valence-electron chi connectivity index (χ0n) is 13.5. The van der Waals surface area contributed by atoms with Gasteiger partial charge in [-0.2, -0.15) is 0 Å². The molecule has 2 aromatic carbocycles. The molecular formula is C20H24OS. The van der Waals surface area contributed by atoms with Crippen molar-refractivity contribution in [3.05, 3.63) is 65.2 Å². The molecule has 0 atom stereocenters. The van der Waals surface area contributed by atoms with Crippen LogP contribution in [-0.4, -0.2) is 5.12 Å². The van der Waals surface area contributed by atoms with Crippen LogP contribution >= 0.6 is 11.8 Å². The van der Waals surface area contributed by atoms with E-state index >= 15 is 0 Å². The minimum atomic E-state index is 0.115. The molecule has 0 aliphatic rings. The number of rotatable bonds is 7. The van der Waals surface area contributed by atoms with Gasteiger partial charge in [-0.25, -0.2) is 0 Å². The van der Waals surface area contributed by atoms with Gasteiger partial charge in [-0.15, -0.1) is 0 Å². The largest absolute Gasteiger partial charge is 0.281 e. The van der Waals surface area contributed by atoms with Crippen molar-refractivity contribution in [3.8, 4) is 0 Å². The summed E-state index contributed by atoms with van der Waals surface area (Å²) in [6.07, 6.45) is 5.75. The van der Waals surface area contributed by atoms with Crippen LogP contribution in [0.15, 0.2) is 53.4 Å². The van der Waals surface area contributed by atoms with Crippen LogP contribution in [-0.2, 0) is 12.8 Å². The zero-order chi connectivity index (χ0) is 15.8. The Morgan fingerprint density at radius 1 is 0.818 bits per heavy atom.